The number of carbonyl (C=O) groups excluding carboxylic acids is 1. The van der Waals surface area contributed by atoms with Gasteiger partial charge in [0.15, 0.2) is 0 Å². The highest BCUT2D eigenvalue weighted by molar-refractivity contribution is 7.92. The molecular formula is C26H27Cl2N3O3S. The van der Waals surface area contributed by atoms with E-state index >= 15 is 0 Å². The minimum Gasteiger partial charge on any atom is -0.371 e. The zero-order valence-corrected chi connectivity index (χ0v) is 21.7. The molecule has 1 aliphatic heterocycles. The van der Waals surface area contributed by atoms with E-state index < -0.39 is 15.9 Å². The van der Waals surface area contributed by atoms with Crippen molar-refractivity contribution in [2.75, 3.05) is 35.4 Å². The Morgan fingerprint density at radius 2 is 1.71 bits per heavy atom. The summed E-state index contributed by atoms with van der Waals surface area (Å²) in [6.45, 7) is 3.70. The number of aryl methyl sites for hydroxylation is 1. The number of anilines is 2. The Hall–Kier alpha value is -2.74. The third-order valence-corrected chi connectivity index (χ3v) is 8.17. The van der Waals surface area contributed by atoms with Crippen LogP contribution in [0.15, 0.2) is 71.6 Å². The topological polar surface area (TPSA) is 69.7 Å². The number of fused-ring (bicyclic) bond motifs is 1. The van der Waals surface area contributed by atoms with Crippen molar-refractivity contribution in [3.63, 3.8) is 0 Å². The zero-order chi connectivity index (χ0) is 25.0. The Labute approximate surface area is 216 Å². The van der Waals surface area contributed by atoms with Gasteiger partial charge in [-0.05, 0) is 61.7 Å². The molecule has 1 amide bonds. The number of hydrogen-bond donors (Lipinski definition) is 1. The summed E-state index contributed by atoms with van der Waals surface area (Å²) in [6.07, 6.45) is 1.77. The van der Waals surface area contributed by atoms with E-state index in [1.807, 2.05) is 19.1 Å². The maximum atomic E-state index is 13.5. The molecule has 0 fully saturated rings. The summed E-state index contributed by atoms with van der Waals surface area (Å²) in [4.78, 5) is 15.2. The highest BCUT2D eigenvalue weighted by Crippen LogP contribution is 2.30. The molecule has 0 saturated heterocycles. The zero-order valence-electron chi connectivity index (χ0n) is 19.4. The second-order valence-corrected chi connectivity index (χ2v) is 11.3. The third kappa shape index (κ3) is 6.10. The van der Waals surface area contributed by atoms with Crippen molar-refractivity contribution < 1.29 is 13.2 Å². The van der Waals surface area contributed by atoms with Crippen molar-refractivity contribution in [3.8, 4) is 0 Å². The number of para-hydroxylation sites is 1. The van der Waals surface area contributed by atoms with E-state index in [4.69, 9.17) is 23.2 Å². The number of benzene rings is 3. The maximum absolute atomic E-state index is 13.5. The lowest BCUT2D eigenvalue weighted by Gasteiger charge is -2.25. The highest BCUT2D eigenvalue weighted by Gasteiger charge is 2.28. The molecule has 35 heavy (non-hydrogen) atoms. The van der Waals surface area contributed by atoms with Crippen LogP contribution in [-0.2, 0) is 21.2 Å². The van der Waals surface area contributed by atoms with Gasteiger partial charge in [-0.1, -0.05) is 59.1 Å². The lowest BCUT2D eigenvalue weighted by Crippen LogP contribution is -2.41. The van der Waals surface area contributed by atoms with E-state index in [9.17, 15) is 13.2 Å². The van der Waals surface area contributed by atoms with Gasteiger partial charge in [0.1, 0.15) is 6.54 Å². The minimum atomic E-state index is -4.03. The van der Waals surface area contributed by atoms with Crippen molar-refractivity contribution in [2.45, 2.75) is 24.7 Å². The Morgan fingerprint density at radius 1 is 1.03 bits per heavy atom. The fraction of sp³-hybridized carbons (Fsp3) is 0.269. The molecule has 9 heteroatoms. The van der Waals surface area contributed by atoms with Crippen LogP contribution >= 0.6 is 23.2 Å². The summed E-state index contributed by atoms with van der Waals surface area (Å²) < 4.78 is 28.0. The molecule has 3 aromatic carbocycles. The first-order valence-electron chi connectivity index (χ1n) is 11.4. The molecule has 0 radical (unpaired) electrons. The second-order valence-electron chi connectivity index (χ2n) is 8.52. The molecule has 0 atom stereocenters. The lowest BCUT2D eigenvalue weighted by molar-refractivity contribution is -0.119. The van der Waals surface area contributed by atoms with Gasteiger partial charge in [0.05, 0.1) is 10.6 Å². The average Bonchev–Trinajstić information content (AvgIpc) is 3.23. The monoisotopic (exact) mass is 531 g/mol. The van der Waals surface area contributed by atoms with Crippen LogP contribution in [0, 0.1) is 6.92 Å². The summed E-state index contributed by atoms with van der Waals surface area (Å²) in [5.41, 5.74) is 3.74. The predicted octanol–water partition coefficient (Wildman–Crippen LogP) is 5.07. The number of carbonyl (C=O) groups is 1. The molecule has 0 saturated carbocycles. The van der Waals surface area contributed by atoms with Gasteiger partial charge in [0, 0.05) is 35.4 Å². The van der Waals surface area contributed by atoms with Crippen LogP contribution in [-0.4, -0.2) is 40.5 Å². The summed E-state index contributed by atoms with van der Waals surface area (Å²) in [5, 5.41) is 3.42. The van der Waals surface area contributed by atoms with Crippen molar-refractivity contribution in [2.24, 2.45) is 0 Å². The standard InChI is InChI=1S/C26H27Cl2N3O3S/c1-19-7-9-24(10-8-19)35(33,34)31(23-16-21(27)15-22(28)17-23)18-26(32)29-12-4-13-30-14-11-20-5-2-3-6-25(20)30/h2-3,5-10,15-17H,4,11-14,18H2,1H3,(H,29,32). The van der Waals surface area contributed by atoms with Gasteiger partial charge < -0.3 is 10.2 Å². The lowest BCUT2D eigenvalue weighted by atomic mass is 10.2. The van der Waals surface area contributed by atoms with Crippen LogP contribution in [0.25, 0.3) is 0 Å². The molecule has 0 aromatic heterocycles. The molecule has 0 spiro atoms. The first kappa shape index (κ1) is 25.4. The van der Waals surface area contributed by atoms with E-state index in [0.29, 0.717) is 6.54 Å². The highest BCUT2D eigenvalue weighted by atomic mass is 35.5. The Morgan fingerprint density at radius 3 is 2.43 bits per heavy atom. The van der Waals surface area contributed by atoms with Crippen LogP contribution in [0.5, 0.6) is 0 Å². The Bertz CT molecular complexity index is 1290. The molecule has 1 aliphatic rings. The van der Waals surface area contributed by atoms with E-state index in [2.05, 4.69) is 22.3 Å². The van der Waals surface area contributed by atoms with E-state index in [1.54, 1.807) is 12.1 Å². The van der Waals surface area contributed by atoms with Gasteiger partial charge >= 0.3 is 0 Å². The van der Waals surface area contributed by atoms with E-state index in [1.165, 1.54) is 41.6 Å². The molecule has 1 heterocycles. The molecule has 3 aromatic rings. The number of nitrogens with one attached hydrogen (secondary N) is 1. The predicted molar refractivity (Wildman–Crippen MR) is 142 cm³/mol. The number of sulfonamides is 1. The minimum absolute atomic E-state index is 0.0831. The third-order valence-electron chi connectivity index (χ3n) is 5.94. The Balaban J connectivity index is 1.44. The number of nitrogens with zero attached hydrogens (tertiary/aromatic N) is 2. The SMILES string of the molecule is Cc1ccc(S(=O)(=O)N(CC(=O)NCCCN2CCc3ccccc32)c2cc(Cl)cc(Cl)c2)cc1. The molecular weight excluding hydrogens is 505 g/mol. The van der Waals surface area contributed by atoms with Gasteiger partial charge in [-0.15, -0.1) is 0 Å². The summed E-state index contributed by atoms with van der Waals surface area (Å²) >= 11 is 12.3. The van der Waals surface area contributed by atoms with Crippen LogP contribution in [0.2, 0.25) is 10.0 Å². The molecule has 6 nitrogen and oxygen atoms in total. The number of halogens is 2. The van der Waals surface area contributed by atoms with Crippen molar-refractivity contribution in [3.05, 3.63) is 87.9 Å². The van der Waals surface area contributed by atoms with Crippen LogP contribution in [0.4, 0.5) is 11.4 Å². The van der Waals surface area contributed by atoms with Gasteiger partial charge in [-0.25, -0.2) is 8.42 Å². The van der Waals surface area contributed by atoms with E-state index in [0.717, 1.165) is 35.8 Å². The number of rotatable bonds is 9. The Kier molecular flexibility index (Phi) is 7.89. The van der Waals surface area contributed by atoms with Crippen molar-refractivity contribution >= 4 is 50.5 Å². The van der Waals surface area contributed by atoms with Crippen LogP contribution < -0.4 is 14.5 Å². The first-order chi connectivity index (χ1) is 16.7. The summed E-state index contributed by atoms with van der Waals surface area (Å²) in [5.74, 6) is -0.404. The summed E-state index contributed by atoms with van der Waals surface area (Å²) in [6, 6.07) is 19.3. The molecule has 0 unspecified atom stereocenters. The smallest absolute Gasteiger partial charge is 0.264 e. The van der Waals surface area contributed by atoms with Crippen LogP contribution in [0.1, 0.15) is 17.5 Å². The van der Waals surface area contributed by atoms with E-state index in [-0.39, 0.29) is 27.2 Å². The average molecular weight is 532 g/mol. The molecule has 0 aliphatic carbocycles. The van der Waals surface area contributed by atoms with Crippen molar-refractivity contribution in [1.29, 1.82) is 0 Å². The molecule has 184 valence electrons. The number of amides is 1. The second kappa shape index (κ2) is 10.9. The first-order valence-corrected chi connectivity index (χ1v) is 13.6. The van der Waals surface area contributed by atoms with Gasteiger partial charge in [0.25, 0.3) is 10.0 Å². The maximum Gasteiger partial charge on any atom is 0.264 e. The fourth-order valence-electron chi connectivity index (χ4n) is 4.16. The van der Waals surface area contributed by atoms with Gasteiger partial charge in [0.2, 0.25) is 5.91 Å². The van der Waals surface area contributed by atoms with Crippen molar-refractivity contribution in [1.82, 2.24) is 5.32 Å². The quantitative estimate of drug-likeness (QED) is 0.391. The fourth-order valence-corrected chi connectivity index (χ4v) is 6.08. The normalized spacial score (nSPS) is 12.9. The van der Waals surface area contributed by atoms with Gasteiger partial charge in [-0.2, -0.15) is 0 Å². The molecule has 1 N–H and O–H groups in total. The largest absolute Gasteiger partial charge is 0.371 e. The molecule has 0 bridgehead atoms. The summed E-state index contributed by atoms with van der Waals surface area (Å²) in [7, 11) is -4.03. The molecule has 4 rings (SSSR count). The van der Waals surface area contributed by atoms with Crippen LogP contribution in [0.3, 0.4) is 0 Å². The number of hydrogen-bond acceptors (Lipinski definition) is 4. The van der Waals surface area contributed by atoms with Gasteiger partial charge in [-0.3, -0.25) is 9.10 Å².